The second-order valence-electron chi connectivity index (χ2n) is 11.7. The number of carbonyl (C=O) groups excluding carboxylic acids is 3. The number of aromatic hydroxyl groups is 1. The van der Waals surface area contributed by atoms with E-state index in [2.05, 4.69) is 17.6 Å². The van der Waals surface area contributed by atoms with E-state index in [0.717, 1.165) is 19.3 Å². The number of carboxylic acid groups (broad SMARTS) is 1. The molecule has 0 saturated carbocycles. The van der Waals surface area contributed by atoms with Gasteiger partial charge in [-0.05, 0) is 42.9 Å². The molecule has 1 heterocycles. The van der Waals surface area contributed by atoms with Crippen molar-refractivity contribution in [3.63, 3.8) is 0 Å². The summed E-state index contributed by atoms with van der Waals surface area (Å²) in [7, 11) is 0. The first-order valence-corrected chi connectivity index (χ1v) is 15.5. The Morgan fingerprint density at radius 1 is 0.951 bits per heavy atom. The van der Waals surface area contributed by atoms with Crippen molar-refractivity contribution >= 4 is 23.6 Å². The van der Waals surface area contributed by atoms with Crippen LogP contribution in [0, 0.1) is 5.92 Å². The molecule has 0 aromatic heterocycles. The molecule has 0 aliphatic carbocycles. The molecule has 3 atom stereocenters. The van der Waals surface area contributed by atoms with Crippen molar-refractivity contribution in [1.82, 2.24) is 15.5 Å². The molecule has 41 heavy (non-hydrogen) atoms. The number of carbonyl (C=O) groups is 4. The molecule has 1 saturated heterocycles. The number of rotatable bonds is 20. The number of nitrogens with zero attached hydrogens (tertiary/aromatic N) is 1. The Kier molecular flexibility index (Phi) is 15.4. The SMILES string of the molecule is CCCCCCCCCCCC(=O)CN[C@H](C(=O)N1CCC[C@H]1C(=O)N[C@@H](Cc1ccc(O)cc1)C(=O)O)C(C)C. The van der Waals surface area contributed by atoms with Gasteiger partial charge in [-0.15, -0.1) is 0 Å². The Bertz CT molecular complexity index is 965. The maximum absolute atomic E-state index is 13.5. The molecule has 2 amide bonds. The molecule has 9 nitrogen and oxygen atoms in total. The van der Waals surface area contributed by atoms with Crippen LogP contribution in [0.5, 0.6) is 5.75 Å². The number of benzene rings is 1. The van der Waals surface area contributed by atoms with E-state index in [1.807, 2.05) is 13.8 Å². The summed E-state index contributed by atoms with van der Waals surface area (Å²) in [6.45, 7) is 6.55. The summed E-state index contributed by atoms with van der Waals surface area (Å²) >= 11 is 0. The Morgan fingerprint density at radius 2 is 1.56 bits per heavy atom. The average molecular weight is 574 g/mol. The number of carboxylic acids is 1. The van der Waals surface area contributed by atoms with Gasteiger partial charge in [-0.1, -0.05) is 84.3 Å². The van der Waals surface area contributed by atoms with Gasteiger partial charge in [0.2, 0.25) is 11.8 Å². The molecule has 4 N–H and O–H groups in total. The smallest absolute Gasteiger partial charge is 0.326 e. The van der Waals surface area contributed by atoms with E-state index >= 15 is 0 Å². The molecule has 230 valence electrons. The summed E-state index contributed by atoms with van der Waals surface area (Å²) < 4.78 is 0. The lowest BCUT2D eigenvalue weighted by molar-refractivity contribution is -0.144. The molecule has 9 heteroatoms. The van der Waals surface area contributed by atoms with Gasteiger partial charge in [-0.2, -0.15) is 0 Å². The third-order valence-corrected chi connectivity index (χ3v) is 7.84. The van der Waals surface area contributed by atoms with Crippen molar-refractivity contribution in [2.75, 3.05) is 13.1 Å². The minimum atomic E-state index is -1.17. The van der Waals surface area contributed by atoms with Gasteiger partial charge in [0.1, 0.15) is 23.6 Å². The lowest BCUT2D eigenvalue weighted by atomic mass is 10.0. The zero-order valence-electron chi connectivity index (χ0n) is 25.2. The molecule has 0 spiro atoms. The van der Waals surface area contributed by atoms with Crippen LogP contribution in [-0.2, 0) is 25.6 Å². The second-order valence-corrected chi connectivity index (χ2v) is 11.7. The number of nitrogens with one attached hydrogen (secondary N) is 2. The predicted octanol–water partition coefficient (Wildman–Crippen LogP) is 4.60. The van der Waals surface area contributed by atoms with Gasteiger partial charge in [0.25, 0.3) is 0 Å². The quantitative estimate of drug-likeness (QED) is 0.167. The number of amides is 2. The summed E-state index contributed by atoms with van der Waals surface area (Å²) in [5, 5.41) is 24.9. The first-order chi connectivity index (χ1) is 19.6. The minimum Gasteiger partial charge on any atom is -0.508 e. The Balaban J connectivity index is 1.84. The number of unbranched alkanes of at least 4 members (excludes halogenated alkanes) is 8. The van der Waals surface area contributed by atoms with Gasteiger partial charge in [-0.25, -0.2) is 4.79 Å². The molecular formula is C32H51N3O6. The molecule has 0 bridgehead atoms. The molecule has 1 aliphatic rings. The number of hydrogen-bond donors (Lipinski definition) is 4. The van der Waals surface area contributed by atoms with Crippen LogP contribution in [0.15, 0.2) is 24.3 Å². The highest BCUT2D eigenvalue weighted by Gasteiger charge is 2.39. The van der Waals surface area contributed by atoms with Crippen LogP contribution < -0.4 is 10.6 Å². The van der Waals surface area contributed by atoms with Crippen molar-refractivity contribution in [1.29, 1.82) is 0 Å². The molecule has 0 unspecified atom stereocenters. The van der Waals surface area contributed by atoms with Gasteiger partial charge < -0.3 is 20.4 Å². The number of aliphatic carboxylic acids is 1. The standard InChI is InChI=1S/C32H51N3O6/c1-4-5-6-7-8-9-10-11-12-14-26(37)22-33-29(23(2)3)31(39)35-20-13-15-28(35)30(38)34-27(32(40)41)21-24-16-18-25(36)19-17-24/h16-19,23,27-29,33,36H,4-15,20-22H2,1-3H3,(H,34,38)(H,40,41)/t27-,28-,29-/m0/s1. The van der Waals surface area contributed by atoms with Crippen molar-refractivity contribution in [2.45, 2.75) is 122 Å². The minimum absolute atomic E-state index is 0.0548. The number of Topliss-reactive ketones (excluding diaryl/α,β-unsaturated/α-hetero) is 1. The van der Waals surface area contributed by atoms with Gasteiger partial charge >= 0.3 is 5.97 Å². The molecule has 1 aliphatic heterocycles. The lowest BCUT2D eigenvalue weighted by Gasteiger charge is -2.31. The molecule has 1 aromatic rings. The van der Waals surface area contributed by atoms with Crippen LogP contribution in [0.1, 0.15) is 103 Å². The fourth-order valence-corrected chi connectivity index (χ4v) is 5.37. The molecule has 1 fully saturated rings. The topological polar surface area (TPSA) is 136 Å². The van der Waals surface area contributed by atoms with Crippen LogP contribution in [0.2, 0.25) is 0 Å². The van der Waals surface area contributed by atoms with E-state index in [-0.39, 0.29) is 36.3 Å². The second kappa shape index (κ2) is 18.5. The lowest BCUT2D eigenvalue weighted by Crippen LogP contribution is -2.56. The summed E-state index contributed by atoms with van der Waals surface area (Å²) in [6.07, 6.45) is 12.3. The largest absolute Gasteiger partial charge is 0.508 e. The summed E-state index contributed by atoms with van der Waals surface area (Å²) in [5.74, 6) is -1.84. The van der Waals surface area contributed by atoms with Gasteiger partial charge in [-0.3, -0.25) is 19.7 Å². The highest BCUT2D eigenvalue weighted by Crippen LogP contribution is 2.21. The molecule has 1 aromatic carbocycles. The van der Waals surface area contributed by atoms with E-state index in [1.54, 1.807) is 12.1 Å². The van der Waals surface area contributed by atoms with Crippen LogP contribution in [0.3, 0.4) is 0 Å². The van der Waals surface area contributed by atoms with Gasteiger partial charge in [0.15, 0.2) is 0 Å². The first kappa shape index (κ1) is 34.3. The normalized spacial score (nSPS) is 16.5. The molecule has 2 rings (SSSR count). The van der Waals surface area contributed by atoms with Crippen molar-refractivity contribution in [2.24, 2.45) is 5.92 Å². The van der Waals surface area contributed by atoms with Gasteiger partial charge in [0.05, 0.1) is 12.6 Å². The number of phenols is 1. The Labute approximate surface area is 245 Å². The monoisotopic (exact) mass is 573 g/mol. The zero-order valence-corrected chi connectivity index (χ0v) is 25.2. The highest BCUT2D eigenvalue weighted by atomic mass is 16.4. The number of ketones is 1. The number of likely N-dealkylation sites (tertiary alicyclic amines) is 1. The highest BCUT2D eigenvalue weighted by molar-refractivity contribution is 5.92. The fraction of sp³-hybridized carbons (Fsp3) is 0.688. The maximum Gasteiger partial charge on any atom is 0.326 e. The average Bonchev–Trinajstić information content (AvgIpc) is 3.43. The maximum atomic E-state index is 13.5. The van der Waals surface area contributed by atoms with E-state index < -0.39 is 30.0 Å². The van der Waals surface area contributed by atoms with Crippen LogP contribution in [0.25, 0.3) is 0 Å². The number of phenolic OH excluding ortho intramolecular Hbond substituents is 1. The van der Waals surface area contributed by atoms with E-state index in [1.165, 1.54) is 55.6 Å². The first-order valence-electron chi connectivity index (χ1n) is 15.5. The number of hydrogen-bond acceptors (Lipinski definition) is 6. The summed E-state index contributed by atoms with van der Waals surface area (Å²) in [5.41, 5.74) is 0.658. The van der Waals surface area contributed by atoms with Crippen LogP contribution in [0.4, 0.5) is 0 Å². The fourth-order valence-electron chi connectivity index (χ4n) is 5.37. The van der Waals surface area contributed by atoms with Crippen molar-refractivity contribution in [3.8, 4) is 5.75 Å². The molecule has 0 radical (unpaired) electrons. The summed E-state index contributed by atoms with van der Waals surface area (Å²) in [4.78, 5) is 52.6. The van der Waals surface area contributed by atoms with Crippen molar-refractivity contribution in [3.05, 3.63) is 29.8 Å². The third-order valence-electron chi connectivity index (χ3n) is 7.84. The van der Waals surface area contributed by atoms with Crippen LogP contribution in [-0.4, -0.2) is 69.9 Å². The predicted molar refractivity (Wildman–Crippen MR) is 160 cm³/mol. The van der Waals surface area contributed by atoms with Gasteiger partial charge in [0, 0.05) is 19.4 Å². The molecular weight excluding hydrogens is 522 g/mol. The summed E-state index contributed by atoms with van der Waals surface area (Å²) in [6, 6.07) is 3.62. The van der Waals surface area contributed by atoms with E-state index in [9.17, 15) is 29.4 Å². The van der Waals surface area contributed by atoms with Crippen LogP contribution >= 0.6 is 0 Å². The Morgan fingerprint density at radius 3 is 2.15 bits per heavy atom. The van der Waals surface area contributed by atoms with E-state index in [4.69, 9.17) is 0 Å². The Hall–Kier alpha value is -2.94. The van der Waals surface area contributed by atoms with E-state index in [0.29, 0.717) is 31.4 Å². The third kappa shape index (κ3) is 12.2. The zero-order chi connectivity index (χ0) is 30.2. The van der Waals surface area contributed by atoms with Crippen molar-refractivity contribution < 1.29 is 29.4 Å².